The van der Waals surface area contributed by atoms with Crippen LogP contribution in [0.15, 0.2) is 41.3 Å². The molecule has 2 unspecified atom stereocenters. The largest absolute Gasteiger partial charge is 0.393 e. The molecule has 3 nitrogen and oxygen atoms in total. The number of para-hydroxylation sites is 1. The summed E-state index contributed by atoms with van der Waals surface area (Å²) in [6.45, 7) is 0.864. The van der Waals surface area contributed by atoms with Gasteiger partial charge in [0.1, 0.15) is 0 Å². The Morgan fingerprint density at radius 2 is 2.05 bits per heavy atom. The van der Waals surface area contributed by atoms with Gasteiger partial charge in [-0.05, 0) is 37.3 Å². The van der Waals surface area contributed by atoms with Gasteiger partial charge in [0.25, 0.3) is 0 Å². The molecule has 1 aromatic heterocycles. The molecule has 0 aliphatic heterocycles. The number of benzene rings is 1. The van der Waals surface area contributed by atoms with E-state index >= 15 is 0 Å². The minimum Gasteiger partial charge on any atom is -0.393 e. The van der Waals surface area contributed by atoms with Gasteiger partial charge in [0.05, 0.1) is 11.6 Å². The van der Waals surface area contributed by atoms with Crippen LogP contribution in [0.3, 0.4) is 0 Å². The van der Waals surface area contributed by atoms with Crippen molar-refractivity contribution in [3.63, 3.8) is 0 Å². The fraction of sp³-hybridized carbons (Fsp3) is 0.438. The van der Waals surface area contributed by atoms with Crippen LogP contribution in [0.4, 0.5) is 0 Å². The third-order valence-corrected chi connectivity index (χ3v) is 4.24. The maximum Gasteiger partial charge on any atom is 0.189 e. The fourth-order valence-electron chi connectivity index (χ4n) is 3.11. The standard InChI is InChI=1S/C16H19NO2/c18-15-7-3-4-12(15)8-10-17-11-9-16(19)13-5-1-2-6-14(13)17/h1-2,5-6,9,11-12,15,18H,3-4,7-8,10H2. The predicted molar refractivity (Wildman–Crippen MR) is 76.2 cm³/mol. The first-order chi connectivity index (χ1) is 9.25. The maximum absolute atomic E-state index is 11.8. The van der Waals surface area contributed by atoms with Crippen LogP contribution in [0, 0.1) is 5.92 Å². The van der Waals surface area contributed by atoms with E-state index in [0.29, 0.717) is 5.92 Å². The van der Waals surface area contributed by atoms with Gasteiger partial charge in [-0.15, -0.1) is 0 Å². The Labute approximate surface area is 112 Å². The molecular weight excluding hydrogens is 238 g/mol. The number of pyridine rings is 1. The van der Waals surface area contributed by atoms with Gasteiger partial charge in [0.2, 0.25) is 0 Å². The summed E-state index contributed by atoms with van der Waals surface area (Å²) in [7, 11) is 0. The van der Waals surface area contributed by atoms with Crippen molar-refractivity contribution in [1.82, 2.24) is 4.57 Å². The number of fused-ring (bicyclic) bond motifs is 1. The molecule has 3 heteroatoms. The number of hydrogen-bond acceptors (Lipinski definition) is 2. The van der Waals surface area contributed by atoms with E-state index in [1.165, 1.54) is 0 Å². The highest BCUT2D eigenvalue weighted by Crippen LogP contribution is 2.28. The van der Waals surface area contributed by atoms with Crippen molar-refractivity contribution in [3.05, 3.63) is 46.8 Å². The highest BCUT2D eigenvalue weighted by atomic mass is 16.3. The lowest BCUT2D eigenvalue weighted by molar-refractivity contribution is 0.125. The number of hydrogen-bond donors (Lipinski definition) is 1. The third-order valence-electron chi connectivity index (χ3n) is 4.24. The summed E-state index contributed by atoms with van der Waals surface area (Å²) in [5.74, 6) is 0.415. The number of rotatable bonds is 3. The van der Waals surface area contributed by atoms with Gasteiger partial charge in [-0.25, -0.2) is 0 Å². The smallest absolute Gasteiger partial charge is 0.189 e. The van der Waals surface area contributed by atoms with Crippen molar-refractivity contribution in [2.24, 2.45) is 5.92 Å². The lowest BCUT2D eigenvalue weighted by Crippen LogP contribution is -2.16. The van der Waals surface area contributed by atoms with Gasteiger partial charge in [-0.3, -0.25) is 4.79 Å². The summed E-state index contributed by atoms with van der Waals surface area (Å²) in [6, 6.07) is 9.35. The van der Waals surface area contributed by atoms with Gasteiger partial charge in [0.15, 0.2) is 5.43 Å². The number of aromatic nitrogens is 1. The summed E-state index contributed by atoms with van der Waals surface area (Å²) in [5.41, 5.74) is 1.07. The molecule has 0 bridgehead atoms. The van der Waals surface area contributed by atoms with Crippen LogP contribution in [0.2, 0.25) is 0 Å². The zero-order valence-corrected chi connectivity index (χ0v) is 11.0. The molecule has 0 radical (unpaired) electrons. The molecule has 0 saturated heterocycles. The van der Waals surface area contributed by atoms with Gasteiger partial charge >= 0.3 is 0 Å². The number of aliphatic hydroxyl groups is 1. The molecule has 1 fully saturated rings. The van der Waals surface area contributed by atoms with Gasteiger partial charge in [-0.2, -0.15) is 0 Å². The molecule has 1 aliphatic carbocycles. The second-order valence-corrected chi connectivity index (χ2v) is 5.44. The summed E-state index contributed by atoms with van der Waals surface area (Å²) >= 11 is 0. The third kappa shape index (κ3) is 2.43. The number of aliphatic hydroxyl groups excluding tert-OH is 1. The van der Waals surface area contributed by atoms with Crippen molar-refractivity contribution in [3.8, 4) is 0 Å². The van der Waals surface area contributed by atoms with Crippen molar-refractivity contribution < 1.29 is 5.11 Å². The van der Waals surface area contributed by atoms with Gasteiger partial charge < -0.3 is 9.67 Å². The highest BCUT2D eigenvalue weighted by Gasteiger charge is 2.24. The van der Waals surface area contributed by atoms with Gasteiger partial charge in [-0.1, -0.05) is 18.6 Å². The normalized spacial score (nSPS) is 23.0. The van der Waals surface area contributed by atoms with Gasteiger partial charge in [0, 0.05) is 24.2 Å². The molecule has 1 aromatic carbocycles. The first-order valence-electron chi connectivity index (χ1n) is 7.02. The number of aryl methyl sites for hydroxylation is 1. The zero-order valence-electron chi connectivity index (χ0n) is 11.0. The summed E-state index contributed by atoms with van der Waals surface area (Å²) in [4.78, 5) is 11.8. The minimum absolute atomic E-state index is 0.0766. The van der Waals surface area contributed by atoms with E-state index in [-0.39, 0.29) is 11.5 Å². The molecule has 3 rings (SSSR count). The van der Waals surface area contributed by atoms with E-state index < -0.39 is 0 Å². The summed E-state index contributed by atoms with van der Waals surface area (Å²) in [5, 5.41) is 10.6. The Hall–Kier alpha value is -1.61. The highest BCUT2D eigenvalue weighted by molar-refractivity contribution is 5.78. The molecule has 0 amide bonds. The Morgan fingerprint density at radius 3 is 2.84 bits per heavy atom. The van der Waals surface area contributed by atoms with Crippen LogP contribution >= 0.6 is 0 Å². The molecule has 1 aliphatic rings. The molecule has 100 valence electrons. The second kappa shape index (κ2) is 5.17. The van der Waals surface area contributed by atoms with Crippen LogP contribution in [0.1, 0.15) is 25.7 Å². The Morgan fingerprint density at radius 1 is 1.21 bits per heavy atom. The first kappa shape index (κ1) is 12.4. The molecule has 2 atom stereocenters. The predicted octanol–water partition coefficient (Wildman–Crippen LogP) is 2.55. The zero-order chi connectivity index (χ0) is 13.2. The first-order valence-corrected chi connectivity index (χ1v) is 7.02. The molecule has 2 aromatic rings. The SMILES string of the molecule is O=c1ccn(CCC2CCCC2O)c2ccccc12. The Balaban J connectivity index is 1.85. The average molecular weight is 257 g/mol. The van der Waals surface area contributed by atoms with Crippen molar-refractivity contribution in [2.45, 2.75) is 38.3 Å². The van der Waals surface area contributed by atoms with E-state index in [0.717, 1.165) is 43.1 Å². The Bertz CT molecular complexity index is 632. The molecule has 1 heterocycles. The van der Waals surface area contributed by atoms with Crippen LogP contribution < -0.4 is 5.43 Å². The molecule has 1 N–H and O–H groups in total. The quantitative estimate of drug-likeness (QED) is 0.918. The molecule has 0 spiro atoms. The molecule has 1 saturated carbocycles. The fourth-order valence-corrected chi connectivity index (χ4v) is 3.11. The van der Waals surface area contributed by atoms with Crippen LogP contribution in [0.25, 0.3) is 10.9 Å². The monoisotopic (exact) mass is 257 g/mol. The van der Waals surface area contributed by atoms with E-state index in [9.17, 15) is 9.90 Å². The molecular formula is C16H19NO2. The Kier molecular flexibility index (Phi) is 3.38. The van der Waals surface area contributed by atoms with Crippen LogP contribution in [-0.2, 0) is 6.54 Å². The van der Waals surface area contributed by atoms with Crippen molar-refractivity contribution in [2.75, 3.05) is 0 Å². The maximum atomic E-state index is 11.8. The lowest BCUT2D eigenvalue weighted by atomic mass is 10.0. The summed E-state index contributed by atoms with van der Waals surface area (Å²) in [6.07, 6.45) is 5.91. The lowest BCUT2D eigenvalue weighted by Gasteiger charge is -2.16. The topological polar surface area (TPSA) is 42.2 Å². The second-order valence-electron chi connectivity index (χ2n) is 5.44. The van der Waals surface area contributed by atoms with E-state index in [1.54, 1.807) is 6.07 Å². The molecule has 19 heavy (non-hydrogen) atoms. The minimum atomic E-state index is -0.134. The van der Waals surface area contributed by atoms with Crippen molar-refractivity contribution in [1.29, 1.82) is 0 Å². The van der Waals surface area contributed by atoms with Crippen molar-refractivity contribution >= 4 is 10.9 Å². The van der Waals surface area contributed by atoms with Crippen LogP contribution in [0.5, 0.6) is 0 Å². The number of nitrogens with zero attached hydrogens (tertiary/aromatic N) is 1. The van der Waals surface area contributed by atoms with E-state index in [2.05, 4.69) is 4.57 Å². The van der Waals surface area contributed by atoms with E-state index in [1.807, 2.05) is 30.5 Å². The average Bonchev–Trinajstić information content (AvgIpc) is 2.84. The van der Waals surface area contributed by atoms with E-state index in [4.69, 9.17) is 0 Å². The summed E-state index contributed by atoms with van der Waals surface area (Å²) < 4.78 is 2.13. The van der Waals surface area contributed by atoms with Crippen LogP contribution in [-0.4, -0.2) is 15.8 Å².